The Labute approximate surface area is 184 Å². The fourth-order valence-electron chi connectivity index (χ4n) is 2.46. The van der Waals surface area contributed by atoms with Crippen LogP contribution in [0, 0.1) is 0 Å². The molecule has 0 aliphatic carbocycles. The van der Waals surface area contributed by atoms with E-state index < -0.39 is 0 Å². The Morgan fingerprint density at radius 1 is 0.964 bits per heavy atom. The number of carbonyl (C=O) groups is 1. The van der Waals surface area contributed by atoms with Crippen molar-refractivity contribution in [1.82, 2.24) is 16.0 Å². The van der Waals surface area contributed by atoms with Gasteiger partial charge in [-0.05, 0) is 36.6 Å². The van der Waals surface area contributed by atoms with Crippen LogP contribution in [-0.2, 0) is 17.8 Å². The number of nitrogens with one attached hydrogen (secondary N) is 3. The van der Waals surface area contributed by atoms with E-state index in [0.29, 0.717) is 12.5 Å². The van der Waals surface area contributed by atoms with Crippen LogP contribution < -0.4 is 20.7 Å². The molecule has 0 bridgehead atoms. The van der Waals surface area contributed by atoms with Gasteiger partial charge in [-0.3, -0.25) is 4.79 Å². The summed E-state index contributed by atoms with van der Waals surface area (Å²) in [4.78, 5) is 16.4. The number of carbonyl (C=O) groups excluding carboxylic acids is 1. The number of hydrogen-bond donors (Lipinski definition) is 3. The van der Waals surface area contributed by atoms with Crippen LogP contribution in [0.1, 0.15) is 18.1 Å². The SMILES string of the molecule is CCNC(=NCC(=O)NCc1ccc(OC)cc1)NCCc1ccccc1.I. The molecule has 0 aromatic heterocycles. The smallest absolute Gasteiger partial charge is 0.242 e. The van der Waals surface area contributed by atoms with E-state index in [-0.39, 0.29) is 36.4 Å². The molecule has 0 radical (unpaired) electrons. The molecular weight excluding hydrogens is 467 g/mol. The van der Waals surface area contributed by atoms with Gasteiger partial charge in [-0.1, -0.05) is 42.5 Å². The molecule has 0 fully saturated rings. The van der Waals surface area contributed by atoms with E-state index in [1.807, 2.05) is 49.4 Å². The van der Waals surface area contributed by atoms with Crippen LogP contribution in [0.25, 0.3) is 0 Å². The molecule has 1 amide bonds. The molecule has 3 N–H and O–H groups in total. The lowest BCUT2D eigenvalue weighted by Gasteiger charge is -2.11. The lowest BCUT2D eigenvalue weighted by molar-refractivity contribution is -0.119. The second-order valence-electron chi connectivity index (χ2n) is 5.98. The molecule has 0 saturated heterocycles. The van der Waals surface area contributed by atoms with E-state index in [1.165, 1.54) is 5.56 Å². The Morgan fingerprint density at radius 3 is 2.32 bits per heavy atom. The predicted molar refractivity (Wildman–Crippen MR) is 124 cm³/mol. The first-order valence-corrected chi connectivity index (χ1v) is 9.17. The Kier molecular flexibility index (Phi) is 11.7. The van der Waals surface area contributed by atoms with Gasteiger partial charge in [0.05, 0.1) is 7.11 Å². The van der Waals surface area contributed by atoms with E-state index in [0.717, 1.165) is 30.8 Å². The van der Waals surface area contributed by atoms with Crippen molar-refractivity contribution >= 4 is 35.8 Å². The van der Waals surface area contributed by atoms with Crippen molar-refractivity contribution < 1.29 is 9.53 Å². The Bertz CT molecular complexity index is 721. The molecule has 7 heteroatoms. The number of guanidine groups is 1. The van der Waals surface area contributed by atoms with Gasteiger partial charge in [0.2, 0.25) is 5.91 Å². The molecule has 0 unspecified atom stereocenters. The van der Waals surface area contributed by atoms with Crippen molar-refractivity contribution in [3.05, 3.63) is 65.7 Å². The third kappa shape index (κ3) is 9.07. The van der Waals surface area contributed by atoms with E-state index in [1.54, 1.807) is 7.11 Å². The average Bonchev–Trinajstić information content (AvgIpc) is 2.71. The summed E-state index contributed by atoms with van der Waals surface area (Å²) in [5, 5.41) is 9.29. The summed E-state index contributed by atoms with van der Waals surface area (Å²) in [6.07, 6.45) is 0.898. The van der Waals surface area contributed by atoms with Crippen LogP contribution in [0.4, 0.5) is 0 Å². The molecule has 0 aliphatic heterocycles. The molecule has 2 rings (SSSR count). The number of hydrogen-bond acceptors (Lipinski definition) is 3. The van der Waals surface area contributed by atoms with E-state index >= 15 is 0 Å². The van der Waals surface area contributed by atoms with Crippen LogP contribution in [0.15, 0.2) is 59.6 Å². The van der Waals surface area contributed by atoms with Gasteiger partial charge in [0.1, 0.15) is 12.3 Å². The summed E-state index contributed by atoms with van der Waals surface area (Å²) >= 11 is 0. The monoisotopic (exact) mass is 496 g/mol. The van der Waals surface area contributed by atoms with E-state index in [9.17, 15) is 4.79 Å². The van der Waals surface area contributed by atoms with Crippen LogP contribution in [-0.4, -0.2) is 38.6 Å². The average molecular weight is 496 g/mol. The summed E-state index contributed by atoms with van der Waals surface area (Å²) in [6.45, 7) is 4.04. The van der Waals surface area contributed by atoms with Gasteiger partial charge < -0.3 is 20.7 Å². The molecule has 152 valence electrons. The van der Waals surface area contributed by atoms with Crippen molar-refractivity contribution in [1.29, 1.82) is 0 Å². The fourth-order valence-corrected chi connectivity index (χ4v) is 2.46. The maximum absolute atomic E-state index is 12.0. The molecule has 0 saturated carbocycles. The number of amides is 1. The van der Waals surface area contributed by atoms with Gasteiger partial charge in [0.25, 0.3) is 0 Å². The zero-order valence-electron chi connectivity index (χ0n) is 16.4. The standard InChI is InChI=1S/C21H28N4O2.HI/c1-3-22-21(23-14-13-17-7-5-4-6-8-17)25-16-20(26)24-15-18-9-11-19(27-2)12-10-18;/h4-12H,3,13-16H2,1-2H3,(H,24,26)(H2,22,23,25);1H. The highest BCUT2D eigenvalue weighted by Crippen LogP contribution is 2.10. The van der Waals surface area contributed by atoms with Gasteiger partial charge in [-0.25, -0.2) is 4.99 Å². The maximum atomic E-state index is 12.0. The highest BCUT2D eigenvalue weighted by molar-refractivity contribution is 14.0. The fraction of sp³-hybridized carbons (Fsp3) is 0.333. The molecule has 2 aromatic carbocycles. The zero-order valence-corrected chi connectivity index (χ0v) is 18.7. The first-order chi connectivity index (χ1) is 13.2. The summed E-state index contributed by atoms with van der Waals surface area (Å²) in [7, 11) is 1.63. The first-order valence-electron chi connectivity index (χ1n) is 9.17. The van der Waals surface area contributed by atoms with Crippen molar-refractivity contribution in [3.63, 3.8) is 0 Å². The van der Waals surface area contributed by atoms with Gasteiger partial charge in [0, 0.05) is 19.6 Å². The summed E-state index contributed by atoms with van der Waals surface area (Å²) in [6, 6.07) is 17.9. The topological polar surface area (TPSA) is 74.8 Å². The highest BCUT2D eigenvalue weighted by Gasteiger charge is 2.03. The molecule has 2 aromatic rings. The maximum Gasteiger partial charge on any atom is 0.242 e. The number of rotatable bonds is 9. The predicted octanol–water partition coefficient (Wildman–Crippen LogP) is 2.73. The number of ether oxygens (including phenoxy) is 1. The Morgan fingerprint density at radius 2 is 1.68 bits per heavy atom. The third-order valence-corrected chi connectivity index (χ3v) is 3.92. The summed E-state index contributed by atoms with van der Waals surface area (Å²) in [5.74, 6) is 1.32. The second-order valence-corrected chi connectivity index (χ2v) is 5.98. The Balaban J connectivity index is 0.00000392. The Hall–Kier alpha value is -2.29. The number of halogens is 1. The molecule has 28 heavy (non-hydrogen) atoms. The molecule has 0 aliphatic rings. The van der Waals surface area contributed by atoms with Crippen molar-refractivity contribution in [2.45, 2.75) is 19.9 Å². The molecule has 6 nitrogen and oxygen atoms in total. The molecule has 0 spiro atoms. The quantitative estimate of drug-likeness (QED) is 0.284. The van der Waals surface area contributed by atoms with Crippen LogP contribution in [0.3, 0.4) is 0 Å². The van der Waals surface area contributed by atoms with Crippen LogP contribution in [0.5, 0.6) is 5.75 Å². The first kappa shape index (κ1) is 23.7. The minimum absolute atomic E-state index is 0. The van der Waals surface area contributed by atoms with Gasteiger partial charge in [-0.2, -0.15) is 0 Å². The minimum atomic E-state index is -0.119. The summed E-state index contributed by atoms with van der Waals surface area (Å²) < 4.78 is 5.12. The van der Waals surface area contributed by atoms with Crippen molar-refractivity contribution in [2.75, 3.05) is 26.7 Å². The molecule has 0 atom stereocenters. The lowest BCUT2D eigenvalue weighted by Crippen LogP contribution is -2.39. The number of methoxy groups -OCH3 is 1. The normalized spacial score (nSPS) is 10.6. The number of benzene rings is 2. The second kappa shape index (κ2) is 13.8. The van der Waals surface area contributed by atoms with E-state index in [2.05, 4.69) is 33.1 Å². The summed E-state index contributed by atoms with van der Waals surface area (Å²) in [5.41, 5.74) is 2.28. The van der Waals surface area contributed by atoms with Gasteiger partial charge in [0.15, 0.2) is 5.96 Å². The van der Waals surface area contributed by atoms with Gasteiger partial charge >= 0.3 is 0 Å². The molecule has 0 heterocycles. The number of nitrogens with zero attached hydrogens (tertiary/aromatic N) is 1. The van der Waals surface area contributed by atoms with Crippen LogP contribution >= 0.6 is 24.0 Å². The highest BCUT2D eigenvalue weighted by atomic mass is 127. The zero-order chi connectivity index (χ0) is 19.3. The van der Waals surface area contributed by atoms with Crippen molar-refractivity contribution in [3.8, 4) is 5.75 Å². The van der Waals surface area contributed by atoms with Gasteiger partial charge in [-0.15, -0.1) is 24.0 Å². The third-order valence-electron chi connectivity index (χ3n) is 3.92. The molecular formula is C21H29IN4O2. The van der Waals surface area contributed by atoms with Crippen LogP contribution in [0.2, 0.25) is 0 Å². The van der Waals surface area contributed by atoms with E-state index in [4.69, 9.17) is 4.74 Å². The lowest BCUT2D eigenvalue weighted by atomic mass is 10.1. The van der Waals surface area contributed by atoms with Crippen molar-refractivity contribution in [2.24, 2.45) is 4.99 Å². The largest absolute Gasteiger partial charge is 0.497 e. The minimum Gasteiger partial charge on any atom is -0.497 e. The number of aliphatic imine (C=N–C) groups is 1.